The zero-order valence-corrected chi connectivity index (χ0v) is 14.0. The van der Waals surface area contributed by atoms with Crippen molar-refractivity contribution in [1.29, 1.82) is 0 Å². The number of hydrogen-bond acceptors (Lipinski definition) is 2. The van der Waals surface area contributed by atoms with Crippen molar-refractivity contribution in [3.63, 3.8) is 0 Å². The van der Waals surface area contributed by atoms with Gasteiger partial charge in [-0.15, -0.1) is 0 Å². The molecule has 2 aromatic rings. The van der Waals surface area contributed by atoms with E-state index in [0.29, 0.717) is 10.0 Å². The fourth-order valence-corrected chi connectivity index (χ4v) is 2.53. The molecule has 2 aromatic carbocycles. The largest absolute Gasteiger partial charge is 0.325 e. The smallest absolute Gasteiger partial charge is 0.238 e. The maximum atomic E-state index is 12.0. The summed E-state index contributed by atoms with van der Waals surface area (Å²) >= 11 is 11.9. The van der Waals surface area contributed by atoms with Gasteiger partial charge >= 0.3 is 0 Å². The highest BCUT2D eigenvalue weighted by Gasteiger charge is 2.09. The first-order valence-electron chi connectivity index (χ1n) is 7.00. The van der Waals surface area contributed by atoms with Gasteiger partial charge in [0.15, 0.2) is 0 Å². The first-order chi connectivity index (χ1) is 10.5. The molecule has 0 spiro atoms. The third kappa shape index (κ3) is 4.73. The minimum Gasteiger partial charge on any atom is -0.325 e. The van der Waals surface area contributed by atoms with Crippen LogP contribution in [-0.4, -0.2) is 12.5 Å². The minimum atomic E-state index is -0.0979. The topological polar surface area (TPSA) is 41.1 Å². The summed E-state index contributed by atoms with van der Waals surface area (Å²) in [7, 11) is 0. The lowest BCUT2D eigenvalue weighted by atomic mass is 10.1. The van der Waals surface area contributed by atoms with E-state index in [0.717, 1.165) is 16.8 Å². The van der Waals surface area contributed by atoms with Gasteiger partial charge in [-0.05, 0) is 55.3 Å². The maximum Gasteiger partial charge on any atom is 0.238 e. The molecule has 0 heterocycles. The van der Waals surface area contributed by atoms with E-state index in [9.17, 15) is 4.79 Å². The lowest BCUT2D eigenvalue weighted by Crippen LogP contribution is -2.30. The monoisotopic (exact) mass is 336 g/mol. The number of rotatable bonds is 5. The Morgan fingerprint density at radius 3 is 2.55 bits per heavy atom. The zero-order valence-electron chi connectivity index (χ0n) is 12.5. The van der Waals surface area contributed by atoms with Gasteiger partial charge in [-0.3, -0.25) is 4.79 Å². The third-order valence-electron chi connectivity index (χ3n) is 3.38. The number of halogens is 2. The van der Waals surface area contributed by atoms with Crippen LogP contribution in [0.4, 0.5) is 5.69 Å². The van der Waals surface area contributed by atoms with Gasteiger partial charge in [-0.1, -0.05) is 35.3 Å². The van der Waals surface area contributed by atoms with Gasteiger partial charge < -0.3 is 10.6 Å². The van der Waals surface area contributed by atoms with Crippen LogP contribution >= 0.6 is 23.2 Å². The Morgan fingerprint density at radius 2 is 1.86 bits per heavy atom. The average Bonchev–Trinajstić information content (AvgIpc) is 2.47. The summed E-state index contributed by atoms with van der Waals surface area (Å²) in [6, 6.07) is 13.0. The fraction of sp³-hybridized carbons (Fsp3) is 0.235. The number of amides is 1. The molecule has 116 valence electrons. The molecule has 0 saturated carbocycles. The number of hydrogen-bond donors (Lipinski definition) is 2. The molecule has 0 unspecified atom stereocenters. The fourth-order valence-electron chi connectivity index (χ4n) is 2.10. The molecule has 0 saturated heterocycles. The lowest BCUT2D eigenvalue weighted by Gasteiger charge is -2.15. The number of carbonyl (C=O) groups excluding carboxylic acids is 1. The summed E-state index contributed by atoms with van der Waals surface area (Å²) in [6.07, 6.45) is 0. The van der Waals surface area contributed by atoms with Crippen LogP contribution in [-0.2, 0) is 4.79 Å². The van der Waals surface area contributed by atoms with Crippen LogP contribution in [0.2, 0.25) is 10.0 Å². The van der Waals surface area contributed by atoms with Crippen molar-refractivity contribution in [2.75, 3.05) is 11.9 Å². The molecule has 0 bridgehead atoms. The second kappa shape index (κ2) is 7.63. The molecule has 0 radical (unpaired) electrons. The highest BCUT2D eigenvalue weighted by molar-refractivity contribution is 6.31. The summed E-state index contributed by atoms with van der Waals surface area (Å²) in [6.45, 7) is 4.12. The Labute approximate surface area is 140 Å². The van der Waals surface area contributed by atoms with Crippen molar-refractivity contribution in [2.45, 2.75) is 19.9 Å². The van der Waals surface area contributed by atoms with E-state index in [1.54, 1.807) is 12.1 Å². The van der Waals surface area contributed by atoms with Crippen LogP contribution in [0.5, 0.6) is 0 Å². The van der Waals surface area contributed by atoms with E-state index < -0.39 is 0 Å². The van der Waals surface area contributed by atoms with Gasteiger partial charge in [0.25, 0.3) is 0 Å². The van der Waals surface area contributed by atoms with Crippen molar-refractivity contribution < 1.29 is 4.79 Å². The molecule has 0 aliphatic rings. The van der Waals surface area contributed by atoms with E-state index >= 15 is 0 Å². The molecule has 0 aromatic heterocycles. The normalized spacial score (nSPS) is 12.0. The van der Waals surface area contributed by atoms with E-state index in [4.69, 9.17) is 23.2 Å². The summed E-state index contributed by atoms with van der Waals surface area (Å²) in [4.78, 5) is 12.0. The van der Waals surface area contributed by atoms with Crippen molar-refractivity contribution in [1.82, 2.24) is 5.32 Å². The van der Waals surface area contributed by atoms with Crippen LogP contribution in [0.25, 0.3) is 0 Å². The molecule has 2 rings (SSSR count). The van der Waals surface area contributed by atoms with Crippen LogP contribution < -0.4 is 10.6 Å². The molecule has 0 fully saturated rings. The summed E-state index contributed by atoms with van der Waals surface area (Å²) in [5, 5.41) is 7.39. The molecule has 3 nitrogen and oxygen atoms in total. The highest BCUT2D eigenvalue weighted by Crippen LogP contribution is 2.20. The van der Waals surface area contributed by atoms with E-state index in [2.05, 4.69) is 10.6 Å². The Balaban J connectivity index is 1.90. The van der Waals surface area contributed by atoms with Crippen LogP contribution in [0.3, 0.4) is 0 Å². The highest BCUT2D eigenvalue weighted by atomic mass is 35.5. The second-order valence-electron chi connectivity index (χ2n) is 5.17. The van der Waals surface area contributed by atoms with Crippen LogP contribution in [0, 0.1) is 6.92 Å². The maximum absolute atomic E-state index is 12.0. The molecule has 0 aliphatic heterocycles. The van der Waals surface area contributed by atoms with Gasteiger partial charge in [-0.2, -0.15) is 0 Å². The predicted octanol–water partition coefficient (Wildman–Crippen LogP) is 4.59. The summed E-state index contributed by atoms with van der Waals surface area (Å²) in [5.41, 5.74) is 2.75. The van der Waals surface area contributed by atoms with E-state index in [1.807, 2.05) is 44.2 Å². The molecule has 2 N–H and O–H groups in total. The third-order valence-corrected chi connectivity index (χ3v) is 3.85. The Kier molecular flexibility index (Phi) is 5.83. The second-order valence-corrected chi connectivity index (χ2v) is 6.04. The molecule has 0 aliphatic carbocycles. The number of carbonyl (C=O) groups is 1. The average molecular weight is 337 g/mol. The SMILES string of the molecule is Cc1cc(Cl)ccc1NC(=O)CN[C@H](C)c1cccc(Cl)c1. The van der Waals surface area contributed by atoms with Crippen LogP contribution in [0.15, 0.2) is 42.5 Å². The Bertz CT molecular complexity index is 673. The molecular formula is C17H18Cl2N2O. The van der Waals surface area contributed by atoms with Crippen molar-refractivity contribution in [2.24, 2.45) is 0 Å². The molecular weight excluding hydrogens is 319 g/mol. The van der Waals surface area contributed by atoms with E-state index in [-0.39, 0.29) is 18.5 Å². The van der Waals surface area contributed by atoms with Crippen molar-refractivity contribution in [3.8, 4) is 0 Å². The van der Waals surface area contributed by atoms with Gasteiger partial charge in [0, 0.05) is 21.8 Å². The molecule has 22 heavy (non-hydrogen) atoms. The minimum absolute atomic E-state index is 0.0377. The first-order valence-corrected chi connectivity index (χ1v) is 7.76. The number of anilines is 1. The summed E-state index contributed by atoms with van der Waals surface area (Å²) < 4.78 is 0. The first kappa shape index (κ1) is 16.8. The Morgan fingerprint density at radius 1 is 1.14 bits per heavy atom. The van der Waals surface area contributed by atoms with E-state index in [1.165, 1.54) is 0 Å². The quantitative estimate of drug-likeness (QED) is 0.838. The lowest BCUT2D eigenvalue weighted by molar-refractivity contribution is -0.115. The van der Waals surface area contributed by atoms with Gasteiger partial charge in [0.05, 0.1) is 6.54 Å². The van der Waals surface area contributed by atoms with Gasteiger partial charge in [-0.25, -0.2) is 0 Å². The van der Waals surface area contributed by atoms with Gasteiger partial charge in [0.1, 0.15) is 0 Å². The van der Waals surface area contributed by atoms with Crippen LogP contribution in [0.1, 0.15) is 24.1 Å². The van der Waals surface area contributed by atoms with Crippen molar-refractivity contribution >= 4 is 34.8 Å². The zero-order chi connectivity index (χ0) is 16.1. The molecule has 5 heteroatoms. The summed E-state index contributed by atoms with van der Waals surface area (Å²) in [5.74, 6) is -0.0979. The van der Waals surface area contributed by atoms with Gasteiger partial charge in [0.2, 0.25) is 5.91 Å². The number of nitrogens with one attached hydrogen (secondary N) is 2. The number of benzene rings is 2. The molecule has 1 amide bonds. The number of aryl methyl sites for hydroxylation is 1. The predicted molar refractivity (Wildman–Crippen MR) is 92.7 cm³/mol. The molecule has 1 atom stereocenters. The Hall–Kier alpha value is -1.55. The standard InChI is InChI=1S/C17H18Cl2N2O/c1-11-8-15(19)6-7-16(11)21-17(22)10-20-12(2)13-4-3-5-14(18)9-13/h3-9,12,20H,10H2,1-2H3,(H,21,22)/t12-/m1/s1. The van der Waals surface area contributed by atoms with Crippen molar-refractivity contribution in [3.05, 3.63) is 63.6 Å².